The molecule has 0 aliphatic heterocycles. The van der Waals surface area contributed by atoms with Crippen LogP contribution in [0.25, 0.3) is 0 Å². The number of halogens is 1. The molecule has 2 heterocycles. The van der Waals surface area contributed by atoms with Crippen molar-refractivity contribution in [3.8, 4) is 0 Å². The Labute approximate surface area is 138 Å². The summed E-state index contributed by atoms with van der Waals surface area (Å²) in [6.45, 7) is 2.52. The van der Waals surface area contributed by atoms with Crippen molar-refractivity contribution in [1.82, 2.24) is 25.2 Å². The summed E-state index contributed by atoms with van der Waals surface area (Å²) in [4.78, 5) is 20.5. The number of rotatable bonds is 6. The van der Waals surface area contributed by atoms with E-state index in [1.807, 2.05) is 31.8 Å². The van der Waals surface area contributed by atoms with Crippen molar-refractivity contribution < 1.29 is 4.79 Å². The molecule has 118 valence electrons. The molecule has 1 unspecified atom stereocenters. The van der Waals surface area contributed by atoms with E-state index in [-0.39, 0.29) is 11.9 Å². The fraction of sp³-hybridized carbons (Fsp3) is 0.357. The van der Waals surface area contributed by atoms with Gasteiger partial charge in [0.15, 0.2) is 5.16 Å². The van der Waals surface area contributed by atoms with E-state index in [9.17, 15) is 4.79 Å². The summed E-state index contributed by atoms with van der Waals surface area (Å²) in [5, 5.41) is 7.72. The molecule has 0 radical (unpaired) electrons. The van der Waals surface area contributed by atoms with E-state index in [0.717, 1.165) is 5.16 Å². The third-order valence-electron chi connectivity index (χ3n) is 3.10. The van der Waals surface area contributed by atoms with Crippen molar-refractivity contribution in [2.75, 3.05) is 13.6 Å². The molecule has 6 nitrogen and oxygen atoms in total. The Bertz CT molecular complexity index is 660. The summed E-state index contributed by atoms with van der Waals surface area (Å²) >= 11 is 7.58. The molecule has 8 heteroatoms. The van der Waals surface area contributed by atoms with Gasteiger partial charge in [-0.05, 0) is 31.8 Å². The number of likely N-dealkylation sites (N-methyl/N-ethyl adjacent to an activating group) is 1. The van der Waals surface area contributed by atoms with Gasteiger partial charge in [-0.1, -0.05) is 11.6 Å². The predicted octanol–water partition coefficient (Wildman–Crippen LogP) is 1.96. The molecule has 0 aromatic carbocycles. The SMILES string of the molecule is CNC(C)CNC(=O)c1cnc(Sc2nccn2C)c(Cl)c1. The summed E-state index contributed by atoms with van der Waals surface area (Å²) in [6, 6.07) is 1.82. The van der Waals surface area contributed by atoms with Crippen LogP contribution < -0.4 is 10.6 Å². The van der Waals surface area contributed by atoms with Gasteiger partial charge in [0.1, 0.15) is 5.03 Å². The van der Waals surface area contributed by atoms with Crippen LogP contribution in [0.4, 0.5) is 0 Å². The highest BCUT2D eigenvalue weighted by Crippen LogP contribution is 2.30. The Morgan fingerprint density at radius 1 is 1.50 bits per heavy atom. The second-order valence-corrected chi connectivity index (χ2v) is 6.20. The monoisotopic (exact) mass is 339 g/mol. The van der Waals surface area contributed by atoms with Crippen molar-refractivity contribution in [2.24, 2.45) is 7.05 Å². The number of nitrogens with one attached hydrogen (secondary N) is 2. The van der Waals surface area contributed by atoms with Gasteiger partial charge in [-0.25, -0.2) is 9.97 Å². The normalized spacial score (nSPS) is 12.2. The summed E-state index contributed by atoms with van der Waals surface area (Å²) < 4.78 is 1.88. The highest BCUT2D eigenvalue weighted by Gasteiger charge is 2.13. The number of carbonyl (C=O) groups is 1. The number of hydrogen-bond donors (Lipinski definition) is 2. The minimum Gasteiger partial charge on any atom is -0.350 e. The van der Waals surface area contributed by atoms with Crippen LogP contribution in [0, 0.1) is 0 Å². The number of imidazole rings is 1. The third-order valence-corrected chi connectivity index (χ3v) is 4.59. The molecule has 2 aromatic heterocycles. The van der Waals surface area contributed by atoms with Crippen LogP contribution in [0.2, 0.25) is 5.02 Å². The number of carbonyl (C=O) groups excluding carboxylic acids is 1. The maximum atomic E-state index is 12.0. The van der Waals surface area contributed by atoms with Crippen LogP contribution >= 0.6 is 23.4 Å². The minimum absolute atomic E-state index is 0.190. The van der Waals surface area contributed by atoms with E-state index in [0.29, 0.717) is 22.2 Å². The molecule has 0 saturated heterocycles. The molecular formula is C14H18ClN5OS. The van der Waals surface area contributed by atoms with Gasteiger partial charge < -0.3 is 15.2 Å². The van der Waals surface area contributed by atoms with Crippen LogP contribution in [0.15, 0.2) is 34.8 Å². The van der Waals surface area contributed by atoms with Crippen molar-refractivity contribution in [3.05, 3.63) is 35.2 Å². The Morgan fingerprint density at radius 3 is 2.86 bits per heavy atom. The summed E-state index contributed by atoms with van der Waals surface area (Å²) in [7, 11) is 3.74. The first kappa shape index (κ1) is 16.8. The third kappa shape index (κ3) is 4.22. The molecule has 0 aliphatic carbocycles. The van der Waals surface area contributed by atoms with Crippen molar-refractivity contribution in [1.29, 1.82) is 0 Å². The maximum absolute atomic E-state index is 12.0. The first-order valence-corrected chi connectivity index (χ1v) is 7.97. The molecule has 0 aliphatic rings. The lowest BCUT2D eigenvalue weighted by Gasteiger charge is -2.11. The van der Waals surface area contributed by atoms with Gasteiger partial charge in [-0.15, -0.1) is 0 Å². The quantitative estimate of drug-likeness (QED) is 0.841. The Balaban J connectivity index is 2.06. The Kier molecular flexibility index (Phi) is 5.82. The Hall–Kier alpha value is -1.57. The van der Waals surface area contributed by atoms with E-state index in [4.69, 9.17) is 11.6 Å². The van der Waals surface area contributed by atoms with Crippen LogP contribution in [-0.4, -0.2) is 40.1 Å². The smallest absolute Gasteiger partial charge is 0.252 e. The fourth-order valence-corrected chi connectivity index (χ4v) is 2.65. The van der Waals surface area contributed by atoms with E-state index in [2.05, 4.69) is 20.6 Å². The van der Waals surface area contributed by atoms with Crippen LogP contribution in [0.3, 0.4) is 0 Å². The van der Waals surface area contributed by atoms with Gasteiger partial charge in [0, 0.05) is 38.2 Å². The van der Waals surface area contributed by atoms with Gasteiger partial charge in [-0.2, -0.15) is 0 Å². The molecule has 0 spiro atoms. The van der Waals surface area contributed by atoms with Crippen LogP contribution in [0.5, 0.6) is 0 Å². The zero-order chi connectivity index (χ0) is 16.1. The molecule has 2 N–H and O–H groups in total. The molecule has 1 amide bonds. The van der Waals surface area contributed by atoms with Gasteiger partial charge >= 0.3 is 0 Å². The van der Waals surface area contributed by atoms with E-state index in [1.165, 1.54) is 18.0 Å². The van der Waals surface area contributed by atoms with E-state index >= 15 is 0 Å². The molecule has 22 heavy (non-hydrogen) atoms. The minimum atomic E-state index is -0.190. The zero-order valence-electron chi connectivity index (χ0n) is 12.6. The average molecular weight is 340 g/mol. The number of nitrogens with zero attached hydrogens (tertiary/aromatic N) is 3. The number of pyridine rings is 1. The summed E-state index contributed by atoms with van der Waals surface area (Å²) in [5.74, 6) is -0.190. The van der Waals surface area contributed by atoms with Crippen molar-refractivity contribution in [3.63, 3.8) is 0 Å². The zero-order valence-corrected chi connectivity index (χ0v) is 14.2. The van der Waals surface area contributed by atoms with Crippen LogP contribution in [-0.2, 0) is 7.05 Å². The van der Waals surface area contributed by atoms with Crippen molar-refractivity contribution in [2.45, 2.75) is 23.1 Å². The highest BCUT2D eigenvalue weighted by atomic mass is 35.5. The number of aromatic nitrogens is 3. The molecule has 1 atom stereocenters. The van der Waals surface area contributed by atoms with Gasteiger partial charge in [0.2, 0.25) is 0 Å². The molecule has 2 rings (SSSR count). The maximum Gasteiger partial charge on any atom is 0.252 e. The molecule has 0 saturated carbocycles. The molecule has 2 aromatic rings. The lowest BCUT2D eigenvalue weighted by molar-refractivity contribution is 0.0950. The topological polar surface area (TPSA) is 71.8 Å². The van der Waals surface area contributed by atoms with Gasteiger partial charge in [-0.3, -0.25) is 4.79 Å². The molecule has 0 fully saturated rings. The lowest BCUT2D eigenvalue weighted by Crippen LogP contribution is -2.37. The number of aryl methyl sites for hydroxylation is 1. The van der Waals surface area contributed by atoms with E-state index in [1.54, 1.807) is 12.3 Å². The van der Waals surface area contributed by atoms with Gasteiger partial charge in [0.25, 0.3) is 5.91 Å². The van der Waals surface area contributed by atoms with E-state index < -0.39 is 0 Å². The fourth-order valence-electron chi connectivity index (χ4n) is 1.61. The highest BCUT2D eigenvalue weighted by molar-refractivity contribution is 7.99. The average Bonchev–Trinajstić information content (AvgIpc) is 2.91. The molecular weight excluding hydrogens is 322 g/mol. The largest absolute Gasteiger partial charge is 0.350 e. The second kappa shape index (κ2) is 7.62. The number of hydrogen-bond acceptors (Lipinski definition) is 5. The molecule has 0 bridgehead atoms. The first-order chi connectivity index (χ1) is 10.5. The Morgan fingerprint density at radius 2 is 2.27 bits per heavy atom. The van der Waals surface area contributed by atoms with Gasteiger partial charge in [0.05, 0.1) is 10.6 Å². The first-order valence-electron chi connectivity index (χ1n) is 6.77. The standard InChI is InChI=1S/C14H18ClN5OS/c1-9(16-2)7-18-12(21)10-6-11(15)13(19-8-10)22-14-17-4-5-20(14)3/h4-6,8-9,16H,7H2,1-3H3,(H,18,21). The van der Waals surface area contributed by atoms with Crippen LogP contribution in [0.1, 0.15) is 17.3 Å². The summed E-state index contributed by atoms with van der Waals surface area (Å²) in [5.41, 5.74) is 0.442. The predicted molar refractivity (Wildman–Crippen MR) is 87.4 cm³/mol. The lowest BCUT2D eigenvalue weighted by atomic mass is 10.2. The summed E-state index contributed by atoms with van der Waals surface area (Å²) in [6.07, 6.45) is 5.08. The van der Waals surface area contributed by atoms with Crippen molar-refractivity contribution >= 4 is 29.3 Å². The second-order valence-electron chi connectivity index (χ2n) is 4.83. The number of amides is 1.